The van der Waals surface area contributed by atoms with E-state index in [2.05, 4.69) is 10.6 Å². The Kier molecular flexibility index (Phi) is 3.21. The minimum absolute atomic E-state index is 0.0824. The van der Waals surface area contributed by atoms with Crippen molar-refractivity contribution in [1.29, 1.82) is 0 Å². The first kappa shape index (κ1) is 12.2. The number of hydrogen-bond acceptors (Lipinski definition) is 4. The number of allylic oxidation sites excluding steroid dienone is 1. The maximum absolute atomic E-state index is 12.3. The van der Waals surface area contributed by atoms with Crippen LogP contribution in [-0.4, -0.2) is 17.7 Å². The molecule has 0 aromatic carbocycles. The molecule has 4 nitrogen and oxygen atoms in total. The van der Waals surface area contributed by atoms with Crippen LogP contribution in [0.25, 0.3) is 0 Å². The van der Waals surface area contributed by atoms with Gasteiger partial charge in [0, 0.05) is 17.2 Å². The molecule has 19 heavy (non-hydrogen) atoms. The van der Waals surface area contributed by atoms with E-state index in [1.165, 1.54) is 11.3 Å². The molecule has 5 heteroatoms. The lowest BCUT2D eigenvalue weighted by molar-refractivity contribution is -0.118. The molecule has 1 unspecified atom stereocenters. The summed E-state index contributed by atoms with van der Waals surface area (Å²) in [7, 11) is 0. The van der Waals surface area contributed by atoms with Gasteiger partial charge in [-0.05, 0) is 30.7 Å². The Morgan fingerprint density at radius 2 is 2.37 bits per heavy atom. The van der Waals surface area contributed by atoms with Crippen LogP contribution in [0.4, 0.5) is 5.69 Å². The number of hydrogen-bond donors (Lipinski definition) is 2. The molecule has 1 amide bonds. The topological polar surface area (TPSA) is 58.2 Å². The number of thiophene rings is 1. The number of amides is 1. The highest BCUT2D eigenvalue weighted by atomic mass is 32.1. The van der Waals surface area contributed by atoms with Crippen LogP contribution in [0.1, 0.15) is 19.3 Å². The van der Waals surface area contributed by atoms with Crippen molar-refractivity contribution in [3.05, 3.63) is 40.2 Å². The van der Waals surface area contributed by atoms with Gasteiger partial charge in [0.15, 0.2) is 5.78 Å². The van der Waals surface area contributed by atoms with Gasteiger partial charge in [-0.3, -0.25) is 9.59 Å². The van der Waals surface area contributed by atoms with Gasteiger partial charge in [0.25, 0.3) is 5.91 Å². The van der Waals surface area contributed by atoms with Crippen LogP contribution in [0.5, 0.6) is 0 Å². The lowest BCUT2D eigenvalue weighted by Crippen LogP contribution is -2.40. The molecule has 2 N–H and O–H groups in total. The minimum Gasteiger partial charge on any atom is -0.383 e. The molecule has 1 aromatic heterocycles. The van der Waals surface area contributed by atoms with Crippen LogP contribution in [0.3, 0.4) is 0 Å². The summed E-state index contributed by atoms with van der Waals surface area (Å²) < 4.78 is 0. The second-order valence-corrected chi connectivity index (χ2v) is 5.44. The maximum atomic E-state index is 12.3. The highest BCUT2D eigenvalue weighted by Gasteiger charge is 2.32. The van der Waals surface area contributed by atoms with Crippen molar-refractivity contribution < 1.29 is 9.59 Å². The van der Waals surface area contributed by atoms with Crippen molar-refractivity contribution in [2.24, 2.45) is 0 Å². The average Bonchev–Trinajstić information content (AvgIpc) is 2.92. The van der Waals surface area contributed by atoms with E-state index in [0.717, 1.165) is 30.5 Å². The monoisotopic (exact) mass is 274 g/mol. The normalized spacial score (nSPS) is 21.9. The van der Waals surface area contributed by atoms with Gasteiger partial charge in [0.05, 0.1) is 11.7 Å². The van der Waals surface area contributed by atoms with E-state index in [1.54, 1.807) is 6.20 Å². The number of rotatable bonds is 2. The fraction of sp³-hybridized carbons (Fsp3) is 0.286. The van der Waals surface area contributed by atoms with E-state index in [9.17, 15) is 9.59 Å². The van der Waals surface area contributed by atoms with Crippen LogP contribution in [0, 0.1) is 0 Å². The predicted octanol–water partition coefficient (Wildman–Crippen LogP) is 2.22. The van der Waals surface area contributed by atoms with Crippen molar-refractivity contribution in [3.8, 4) is 0 Å². The molecular formula is C14H14N2O2S. The zero-order valence-corrected chi connectivity index (χ0v) is 11.1. The highest BCUT2D eigenvalue weighted by molar-refractivity contribution is 7.08. The van der Waals surface area contributed by atoms with E-state index < -0.39 is 0 Å². The molecule has 2 aliphatic rings. The average molecular weight is 274 g/mol. The number of nitrogens with one attached hydrogen (secondary N) is 2. The maximum Gasteiger partial charge on any atom is 0.261 e. The molecule has 0 radical (unpaired) electrons. The minimum atomic E-state index is -0.346. The summed E-state index contributed by atoms with van der Waals surface area (Å²) in [5, 5.41) is 9.60. The molecule has 0 spiro atoms. The lowest BCUT2D eigenvalue weighted by Gasteiger charge is -2.28. The van der Waals surface area contributed by atoms with E-state index in [-0.39, 0.29) is 23.3 Å². The zero-order valence-electron chi connectivity index (χ0n) is 10.3. The quantitative estimate of drug-likeness (QED) is 0.813. The molecule has 0 bridgehead atoms. The zero-order chi connectivity index (χ0) is 13.2. The summed E-state index contributed by atoms with van der Waals surface area (Å²) in [5.74, 6) is -0.489. The third-order valence-electron chi connectivity index (χ3n) is 3.40. The van der Waals surface area contributed by atoms with Crippen molar-refractivity contribution >= 4 is 28.7 Å². The van der Waals surface area contributed by atoms with Crippen LogP contribution in [-0.2, 0) is 9.59 Å². The van der Waals surface area contributed by atoms with Crippen LogP contribution >= 0.6 is 11.3 Å². The molecule has 1 atom stereocenters. The predicted molar refractivity (Wildman–Crippen MR) is 74.9 cm³/mol. The highest BCUT2D eigenvalue weighted by Crippen LogP contribution is 2.25. The van der Waals surface area contributed by atoms with Crippen LogP contribution in [0.2, 0.25) is 0 Å². The smallest absolute Gasteiger partial charge is 0.261 e. The van der Waals surface area contributed by atoms with E-state index in [1.807, 2.05) is 22.9 Å². The number of anilines is 1. The Bertz CT molecular complexity index is 572. The summed E-state index contributed by atoms with van der Waals surface area (Å²) in [5.41, 5.74) is 1.66. The van der Waals surface area contributed by atoms with E-state index in [0.29, 0.717) is 0 Å². The first-order valence-corrected chi connectivity index (χ1v) is 7.24. The van der Waals surface area contributed by atoms with Gasteiger partial charge in [-0.15, -0.1) is 0 Å². The first-order chi connectivity index (χ1) is 9.25. The number of carbonyl (C=O) groups is 2. The second kappa shape index (κ2) is 5.01. The van der Waals surface area contributed by atoms with Gasteiger partial charge < -0.3 is 10.6 Å². The largest absolute Gasteiger partial charge is 0.383 e. The summed E-state index contributed by atoms with van der Waals surface area (Å²) in [4.78, 5) is 24.4. The molecule has 0 saturated carbocycles. The van der Waals surface area contributed by atoms with Gasteiger partial charge in [0.1, 0.15) is 5.57 Å². The Labute approximate surface area is 115 Å². The number of ketones is 1. The molecule has 0 fully saturated rings. The van der Waals surface area contributed by atoms with E-state index in [4.69, 9.17) is 0 Å². The van der Waals surface area contributed by atoms with Gasteiger partial charge in [-0.1, -0.05) is 6.08 Å². The van der Waals surface area contributed by atoms with Gasteiger partial charge in [-0.2, -0.15) is 11.3 Å². The van der Waals surface area contributed by atoms with Crippen LogP contribution < -0.4 is 10.6 Å². The Morgan fingerprint density at radius 3 is 3.16 bits per heavy atom. The molecule has 1 aliphatic heterocycles. The molecule has 1 aromatic rings. The Balaban J connectivity index is 1.80. The number of Topliss-reactive ketones (excluding diaryl/α,β-unsaturated/α-hetero) is 1. The summed E-state index contributed by atoms with van der Waals surface area (Å²) in [6, 6.07) is 1.89. The van der Waals surface area contributed by atoms with Crippen molar-refractivity contribution in [2.45, 2.75) is 25.3 Å². The second-order valence-electron chi connectivity index (χ2n) is 4.66. The molecule has 98 valence electrons. The summed E-state index contributed by atoms with van der Waals surface area (Å²) in [6.45, 7) is 0. The standard InChI is InChI=1S/C14H14N2O2S/c17-13-10-3-1-2-4-12(10)15-7-11(13)14(18)16-9-5-6-19-8-9/h3,5-8,12,15H,1-2,4H2,(H,16,18). The van der Waals surface area contributed by atoms with Gasteiger partial charge in [0.2, 0.25) is 0 Å². The molecule has 1 aliphatic carbocycles. The fourth-order valence-corrected chi connectivity index (χ4v) is 3.00. The number of fused-ring (bicyclic) bond motifs is 1. The fourth-order valence-electron chi connectivity index (χ4n) is 2.41. The van der Waals surface area contributed by atoms with Gasteiger partial charge in [-0.25, -0.2) is 0 Å². The third-order valence-corrected chi connectivity index (χ3v) is 4.08. The molecular weight excluding hydrogens is 260 g/mol. The van der Waals surface area contributed by atoms with Crippen molar-refractivity contribution in [1.82, 2.24) is 5.32 Å². The lowest BCUT2D eigenvalue weighted by atomic mass is 9.86. The molecule has 0 saturated heterocycles. The third kappa shape index (κ3) is 2.33. The van der Waals surface area contributed by atoms with E-state index >= 15 is 0 Å². The van der Waals surface area contributed by atoms with Gasteiger partial charge >= 0.3 is 0 Å². The molecule has 3 rings (SSSR count). The van der Waals surface area contributed by atoms with Crippen molar-refractivity contribution in [2.75, 3.05) is 5.32 Å². The summed E-state index contributed by atoms with van der Waals surface area (Å²) >= 11 is 1.50. The van der Waals surface area contributed by atoms with Crippen LogP contribution in [0.15, 0.2) is 40.2 Å². The Hall–Kier alpha value is -1.88. The van der Waals surface area contributed by atoms with Crippen molar-refractivity contribution in [3.63, 3.8) is 0 Å². The summed E-state index contributed by atoms with van der Waals surface area (Å²) in [6.07, 6.45) is 6.45. The SMILES string of the molecule is O=C(Nc1ccsc1)C1=CNC2CCCC=C2C1=O. The number of carbonyl (C=O) groups excluding carboxylic acids is 2. The first-order valence-electron chi connectivity index (χ1n) is 6.30. The Morgan fingerprint density at radius 1 is 1.47 bits per heavy atom. The molecule has 2 heterocycles.